The van der Waals surface area contributed by atoms with Crippen molar-refractivity contribution >= 4 is 17.8 Å². The molecule has 0 spiro atoms. The first-order valence-electron chi connectivity index (χ1n) is 7.92. The van der Waals surface area contributed by atoms with Gasteiger partial charge in [-0.05, 0) is 28.7 Å². The van der Waals surface area contributed by atoms with Crippen LogP contribution in [0.2, 0.25) is 0 Å². The number of hydrogen-bond acceptors (Lipinski definition) is 3. The molecule has 0 saturated heterocycles. The molecule has 3 N–H and O–H groups in total. The van der Waals surface area contributed by atoms with Crippen LogP contribution in [-0.4, -0.2) is 34.1 Å². The minimum absolute atomic E-state index is 0.160. The van der Waals surface area contributed by atoms with E-state index in [1.165, 1.54) is 0 Å². The molecule has 2 aromatic rings. The van der Waals surface area contributed by atoms with Gasteiger partial charge >= 0.3 is 11.9 Å². The van der Waals surface area contributed by atoms with E-state index in [1.54, 1.807) is 0 Å². The molecular formula is C19H17NO5. The Bertz CT molecular complexity index is 800. The second-order valence-electron chi connectivity index (χ2n) is 5.94. The Hall–Kier alpha value is -3.15. The first kappa shape index (κ1) is 16.7. The van der Waals surface area contributed by atoms with Crippen LogP contribution >= 0.6 is 0 Å². The van der Waals surface area contributed by atoms with Crippen molar-refractivity contribution in [2.24, 2.45) is 0 Å². The van der Waals surface area contributed by atoms with Gasteiger partial charge in [0.05, 0.1) is 5.92 Å². The highest BCUT2D eigenvalue weighted by Crippen LogP contribution is 2.44. The lowest BCUT2D eigenvalue weighted by molar-refractivity contribution is -0.143. The van der Waals surface area contributed by atoms with Gasteiger partial charge in [0.15, 0.2) is 0 Å². The van der Waals surface area contributed by atoms with Crippen molar-refractivity contribution in [3.63, 3.8) is 0 Å². The van der Waals surface area contributed by atoms with Crippen LogP contribution in [-0.2, 0) is 14.4 Å². The normalized spacial score (nSPS) is 13.6. The fourth-order valence-electron chi connectivity index (χ4n) is 3.22. The molecule has 0 unspecified atom stereocenters. The average Bonchev–Trinajstić information content (AvgIpc) is 2.92. The molecule has 0 heterocycles. The molecule has 1 atom stereocenters. The van der Waals surface area contributed by atoms with E-state index in [0.717, 1.165) is 22.3 Å². The van der Waals surface area contributed by atoms with Gasteiger partial charge in [0.25, 0.3) is 0 Å². The summed E-state index contributed by atoms with van der Waals surface area (Å²) in [6.07, 6.45) is -0.485. The van der Waals surface area contributed by atoms with Gasteiger partial charge in [-0.15, -0.1) is 0 Å². The number of nitrogens with one attached hydrogen (secondary N) is 1. The van der Waals surface area contributed by atoms with Gasteiger partial charge in [0.2, 0.25) is 5.91 Å². The number of rotatable bonds is 6. The predicted octanol–water partition coefficient (Wildman–Crippen LogP) is 2.23. The zero-order valence-electron chi connectivity index (χ0n) is 13.3. The number of benzene rings is 2. The largest absolute Gasteiger partial charge is 0.481 e. The highest BCUT2D eigenvalue weighted by atomic mass is 16.4. The number of fused-ring (bicyclic) bond motifs is 3. The minimum Gasteiger partial charge on any atom is -0.481 e. The predicted molar refractivity (Wildman–Crippen MR) is 90.2 cm³/mol. The van der Waals surface area contributed by atoms with Gasteiger partial charge in [-0.25, -0.2) is 4.79 Å². The first-order valence-corrected chi connectivity index (χ1v) is 7.92. The molecule has 1 aliphatic carbocycles. The average molecular weight is 339 g/mol. The Morgan fingerprint density at radius 1 is 0.920 bits per heavy atom. The molecule has 0 aromatic heterocycles. The maximum atomic E-state index is 12.8. The second-order valence-corrected chi connectivity index (χ2v) is 5.94. The van der Waals surface area contributed by atoms with Crippen LogP contribution in [0.25, 0.3) is 11.1 Å². The summed E-state index contributed by atoms with van der Waals surface area (Å²) in [5.74, 6) is -3.37. The van der Waals surface area contributed by atoms with Crippen LogP contribution in [0.3, 0.4) is 0 Å². The number of carbonyl (C=O) groups is 3. The van der Waals surface area contributed by atoms with Crippen molar-refractivity contribution in [2.45, 2.75) is 24.8 Å². The smallest absolute Gasteiger partial charge is 0.326 e. The standard InChI is InChI=1S/C19H17NO5/c21-16(22)10-9-15(19(24)25)20-18(23)17-13-7-3-1-5-11(13)12-6-2-4-8-14(12)17/h1-8,15,17H,9-10H2,(H,20,23)(H,21,22)(H,24,25)/t15-/m1/s1. The van der Waals surface area contributed by atoms with E-state index in [0.29, 0.717) is 0 Å². The molecule has 0 saturated carbocycles. The van der Waals surface area contributed by atoms with Crippen molar-refractivity contribution in [1.29, 1.82) is 0 Å². The molecule has 6 nitrogen and oxygen atoms in total. The molecule has 6 heteroatoms. The molecular weight excluding hydrogens is 322 g/mol. The maximum Gasteiger partial charge on any atom is 0.326 e. The number of carbonyl (C=O) groups excluding carboxylic acids is 1. The number of hydrogen-bond donors (Lipinski definition) is 3. The number of carboxylic acids is 2. The Morgan fingerprint density at radius 3 is 1.92 bits per heavy atom. The molecule has 1 amide bonds. The summed E-state index contributed by atoms with van der Waals surface area (Å²) in [6.45, 7) is 0. The van der Waals surface area contributed by atoms with Crippen LogP contribution in [0, 0.1) is 0 Å². The Balaban J connectivity index is 1.89. The summed E-state index contributed by atoms with van der Waals surface area (Å²) in [5.41, 5.74) is 3.55. The SMILES string of the molecule is O=C(O)CC[C@@H](NC(=O)C1c2ccccc2-c2ccccc21)C(=O)O. The van der Waals surface area contributed by atoms with Crippen molar-refractivity contribution in [1.82, 2.24) is 5.32 Å². The quantitative estimate of drug-likeness (QED) is 0.749. The molecule has 128 valence electrons. The fraction of sp³-hybridized carbons (Fsp3) is 0.211. The Labute approximate surface area is 144 Å². The van der Waals surface area contributed by atoms with Crippen LogP contribution in [0.4, 0.5) is 0 Å². The summed E-state index contributed by atoms with van der Waals surface area (Å²) < 4.78 is 0. The van der Waals surface area contributed by atoms with E-state index in [9.17, 15) is 19.5 Å². The minimum atomic E-state index is -1.24. The van der Waals surface area contributed by atoms with Gasteiger partial charge in [-0.1, -0.05) is 48.5 Å². The van der Waals surface area contributed by atoms with E-state index in [4.69, 9.17) is 5.11 Å². The van der Waals surface area contributed by atoms with E-state index in [1.807, 2.05) is 48.5 Å². The fourth-order valence-corrected chi connectivity index (χ4v) is 3.22. The summed E-state index contributed by atoms with van der Waals surface area (Å²) in [6, 6.07) is 13.8. The Kier molecular flexibility index (Phi) is 4.52. The third-order valence-corrected chi connectivity index (χ3v) is 4.36. The zero-order valence-corrected chi connectivity index (χ0v) is 13.3. The van der Waals surface area contributed by atoms with E-state index in [-0.39, 0.29) is 12.8 Å². The Morgan fingerprint density at radius 2 is 1.44 bits per heavy atom. The second kappa shape index (κ2) is 6.76. The summed E-state index contributed by atoms with van der Waals surface area (Å²) in [4.78, 5) is 34.8. The lowest BCUT2D eigenvalue weighted by atomic mass is 9.95. The first-order chi connectivity index (χ1) is 12.0. The molecule has 2 aromatic carbocycles. The van der Waals surface area contributed by atoms with Gasteiger partial charge in [-0.3, -0.25) is 9.59 Å². The molecule has 3 rings (SSSR count). The van der Waals surface area contributed by atoms with Gasteiger partial charge in [0, 0.05) is 6.42 Å². The lowest BCUT2D eigenvalue weighted by Crippen LogP contribution is -2.43. The van der Waals surface area contributed by atoms with Crippen molar-refractivity contribution in [3.8, 4) is 11.1 Å². The topological polar surface area (TPSA) is 104 Å². The van der Waals surface area contributed by atoms with E-state index < -0.39 is 29.8 Å². The zero-order chi connectivity index (χ0) is 18.0. The lowest BCUT2D eigenvalue weighted by Gasteiger charge is -2.18. The van der Waals surface area contributed by atoms with Crippen LogP contribution < -0.4 is 5.32 Å². The number of carboxylic acid groups (broad SMARTS) is 2. The van der Waals surface area contributed by atoms with Crippen LogP contribution in [0.15, 0.2) is 48.5 Å². The van der Waals surface area contributed by atoms with Crippen molar-refractivity contribution in [2.75, 3.05) is 0 Å². The highest BCUT2D eigenvalue weighted by Gasteiger charge is 2.35. The summed E-state index contributed by atoms with van der Waals surface area (Å²) in [7, 11) is 0. The molecule has 0 bridgehead atoms. The summed E-state index contributed by atoms with van der Waals surface area (Å²) in [5, 5.41) is 20.5. The monoisotopic (exact) mass is 339 g/mol. The maximum absolute atomic E-state index is 12.8. The van der Waals surface area contributed by atoms with Crippen LogP contribution in [0.5, 0.6) is 0 Å². The third-order valence-electron chi connectivity index (χ3n) is 4.36. The third kappa shape index (κ3) is 3.24. The molecule has 0 aliphatic heterocycles. The van der Waals surface area contributed by atoms with Gasteiger partial charge in [0.1, 0.15) is 6.04 Å². The van der Waals surface area contributed by atoms with Crippen LogP contribution in [0.1, 0.15) is 29.9 Å². The number of amides is 1. The number of aliphatic carboxylic acids is 2. The van der Waals surface area contributed by atoms with Gasteiger partial charge < -0.3 is 15.5 Å². The van der Waals surface area contributed by atoms with E-state index in [2.05, 4.69) is 5.32 Å². The summed E-state index contributed by atoms with van der Waals surface area (Å²) >= 11 is 0. The highest BCUT2D eigenvalue weighted by molar-refractivity contribution is 5.97. The molecule has 1 aliphatic rings. The van der Waals surface area contributed by atoms with Crippen molar-refractivity contribution < 1.29 is 24.6 Å². The molecule has 0 fully saturated rings. The van der Waals surface area contributed by atoms with E-state index >= 15 is 0 Å². The van der Waals surface area contributed by atoms with Crippen molar-refractivity contribution in [3.05, 3.63) is 59.7 Å². The molecule has 25 heavy (non-hydrogen) atoms. The molecule has 0 radical (unpaired) electrons. The van der Waals surface area contributed by atoms with Gasteiger partial charge in [-0.2, -0.15) is 0 Å².